The molecule has 1 aromatic carbocycles. The number of carbonyl (C=O) groups excluding carboxylic acids is 2. The Morgan fingerprint density at radius 1 is 1.15 bits per heavy atom. The highest BCUT2D eigenvalue weighted by Crippen LogP contribution is 2.26. The van der Waals surface area contributed by atoms with Crippen LogP contribution in [0.15, 0.2) is 39.5 Å². The summed E-state index contributed by atoms with van der Waals surface area (Å²) in [5.74, 6) is 0.174. The third-order valence-corrected chi connectivity index (χ3v) is 5.64. The van der Waals surface area contributed by atoms with Gasteiger partial charge in [0.25, 0.3) is 5.91 Å². The molecular weight excluding hydrogens is 344 g/mol. The standard InChI is InChI=1S/C21H24N2O4/c24-19-11-16(13-23(19)12-14-6-2-1-3-7-14)22-20(25)17-10-15-8-4-5-9-18(15)27-21(17)26/h4-5,8-10,14,16H,1-3,6-7,11-13H2,(H,22,25). The zero-order chi connectivity index (χ0) is 18.8. The third-order valence-electron chi connectivity index (χ3n) is 5.64. The zero-order valence-electron chi connectivity index (χ0n) is 15.3. The molecule has 1 saturated heterocycles. The van der Waals surface area contributed by atoms with Crippen molar-refractivity contribution in [3.8, 4) is 0 Å². The van der Waals surface area contributed by atoms with Crippen LogP contribution < -0.4 is 10.9 Å². The van der Waals surface area contributed by atoms with E-state index in [1.165, 1.54) is 32.1 Å². The number of hydrogen-bond acceptors (Lipinski definition) is 4. The van der Waals surface area contributed by atoms with E-state index in [0.717, 1.165) is 6.54 Å². The number of hydrogen-bond donors (Lipinski definition) is 1. The van der Waals surface area contributed by atoms with Gasteiger partial charge >= 0.3 is 5.63 Å². The van der Waals surface area contributed by atoms with E-state index in [1.54, 1.807) is 24.3 Å². The summed E-state index contributed by atoms with van der Waals surface area (Å²) < 4.78 is 5.23. The molecule has 2 aromatic rings. The summed E-state index contributed by atoms with van der Waals surface area (Å²) >= 11 is 0. The second kappa shape index (κ2) is 7.55. The molecule has 142 valence electrons. The van der Waals surface area contributed by atoms with Gasteiger partial charge in [-0.05, 0) is 30.9 Å². The predicted octanol–water partition coefficient (Wildman–Crippen LogP) is 2.70. The van der Waals surface area contributed by atoms with Crippen molar-refractivity contribution in [2.24, 2.45) is 5.92 Å². The monoisotopic (exact) mass is 368 g/mol. The Kier molecular flexibility index (Phi) is 4.97. The van der Waals surface area contributed by atoms with Crippen molar-refractivity contribution in [2.75, 3.05) is 13.1 Å². The van der Waals surface area contributed by atoms with Gasteiger partial charge in [0.1, 0.15) is 11.1 Å². The Morgan fingerprint density at radius 3 is 2.74 bits per heavy atom. The van der Waals surface area contributed by atoms with Crippen LogP contribution in [-0.4, -0.2) is 35.8 Å². The lowest BCUT2D eigenvalue weighted by atomic mass is 9.89. The molecule has 1 aliphatic carbocycles. The maximum absolute atomic E-state index is 12.6. The minimum absolute atomic E-state index is 0.0214. The number of para-hydroxylation sites is 1. The number of benzene rings is 1. The van der Waals surface area contributed by atoms with Gasteiger partial charge in [0, 0.05) is 24.9 Å². The highest BCUT2D eigenvalue weighted by molar-refractivity contribution is 5.97. The van der Waals surface area contributed by atoms with Crippen molar-refractivity contribution in [3.63, 3.8) is 0 Å². The molecular formula is C21H24N2O4. The number of nitrogens with one attached hydrogen (secondary N) is 1. The zero-order valence-corrected chi connectivity index (χ0v) is 15.3. The summed E-state index contributed by atoms with van der Waals surface area (Å²) in [6.07, 6.45) is 6.42. The minimum Gasteiger partial charge on any atom is -0.422 e. The van der Waals surface area contributed by atoms with E-state index >= 15 is 0 Å². The lowest BCUT2D eigenvalue weighted by molar-refractivity contribution is -0.128. The molecule has 0 radical (unpaired) electrons. The molecule has 6 heteroatoms. The van der Waals surface area contributed by atoms with Crippen molar-refractivity contribution < 1.29 is 14.0 Å². The molecule has 1 aromatic heterocycles. The molecule has 1 unspecified atom stereocenters. The maximum atomic E-state index is 12.6. The van der Waals surface area contributed by atoms with Gasteiger partial charge in [0.2, 0.25) is 5.91 Å². The predicted molar refractivity (Wildman–Crippen MR) is 102 cm³/mol. The highest BCUT2D eigenvalue weighted by Gasteiger charge is 2.32. The van der Waals surface area contributed by atoms with Crippen molar-refractivity contribution in [1.29, 1.82) is 0 Å². The van der Waals surface area contributed by atoms with Crippen LogP contribution in [0.1, 0.15) is 48.9 Å². The van der Waals surface area contributed by atoms with Crippen LogP contribution in [0.3, 0.4) is 0 Å². The van der Waals surface area contributed by atoms with E-state index in [4.69, 9.17) is 4.42 Å². The molecule has 1 atom stereocenters. The van der Waals surface area contributed by atoms with Crippen LogP contribution in [0, 0.1) is 5.92 Å². The Bertz CT molecular complexity index is 914. The first-order valence-corrected chi connectivity index (χ1v) is 9.71. The lowest BCUT2D eigenvalue weighted by Crippen LogP contribution is -2.39. The molecule has 2 fully saturated rings. The van der Waals surface area contributed by atoms with Gasteiger partial charge in [0.05, 0.1) is 6.04 Å². The van der Waals surface area contributed by atoms with E-state index in [0.29, 0.717) is 23.4 Å². The summed E-state index contributed by atoms with van der Waals surface area (Å²) in [5, 5.41) is 3.53. The fraction of sp³-hybridized carbons (Fsp3) is 0.476. The second-order valence-corrected chi connectivity index (χ2v) is 7.66. The first kappa shape index (κ1) is 17.8. The molecule has 2 amide bonds. The SMILES string of the molecule is O=C(NC1CC(=O)N(CC2CCCCC2)C1)c1cc2ccccc2oc1=O. The van der Waals surface area contributed by atoms with E-state index in [1.807, 2.05) is 11.0 Å². The van der Waals surface area contributed by atoms with Crippen molar-refractivity contribution in [3.05, 3.63) is 46.3 Å². The third kappa shape index (κ3) is 3.89. The molecule has 0 spiro atoms. The average molecular weight is 368 g/mol. The lowest BCUT2D eigenvalue weighted by Gasteiger charge is -2.27. The second-order valence-electron chi connectivity index (χ2n) is 7.66. The van der Waals surface area contributed by atoms with E-state index < -0.39 is 11.5 Å². The van der Waals surface area contributed by atoms with Gasteiger partial charge in [-0.2, -0.15) is 0 Å². The van der Waals surface area contributed by atoms with Crippen molar-refractivity contribution >= 4 is 22.8 Å². The smallest absolute Gasteiger partial charge is 0.349 e. The number of amides is 2. The molecule has 0 bridgehead atoms. The van der Waals surface area contributed by atoms with E-state index in [2.05, 4.69) is 5.32 Å². The van der Waals surface area contributed by atoms with Gasteiger partial charge in [0.15, 0.2) is 0 Å². The summed E-state index contributed by atoms with van der Waals surface area (Å²) in [6.45, 7) is 1.29. The first-order valence-electron chi connectivity index (χ1n) is 9.71. The maximum Gasteiger partial charge on any atom is 0.349 e. The van der Waals surface area contributed by atoms with Gasteiger partial charge in [-0.15, -0.1) is 0 Å². The van der Waals surface area contributed by atoms with Crippen LogP contribution in [0.2, 0.25) is 0 Å². The van der Waals surface area contributed by atoms with Gasteiger partial charge < -0.3 is 14.6 Å². The topological polar surface area (TPSA) is 79.6 Å². The number of rotatable bonds is 4. The minimum atomic E-state index is -0.658. The summed E-state index contributed by atoms with van der Waals surface area (Å²) in [4.78, 5) is 38.9. The summed E-state index contributed by atoms with van der Waals surface area (Å²) in [7, 11) is 0. The first-order chi connectivity index (χ1) is 13.1. The summed E-state index contributed by atoms with van der Waals surface area (Å²) in [5.41, 5.74) is -0.227. The molecule has 1 aliphatic heterocycles. The normalized spacial score (nSPS) is 21.0. The molecule has 4 rings (SSSR count). The molecule has 1 N–H and O–H groups in total. The molecule has 2 heterocycles. The molecule has 2 aliphatic rings. The largest absolute Gasteiger partial charge is 0.422 e. The van der Waals surface area contributed by atoms with Crippen LogP contribution in [-0.2, 0) is 4.79 Å². The van der Waals surface area contributed by atoms with E-state index in [-0.39, 0.29) is 23.9 Å². The van der Waals surface area contributed by atoms with Crippen molar-refractivity contribution in [2.45, 2.75) is 44.6 Å². The Morgan fingerprint density at radius 2 is 1.93 bits per heavy atom. The fourth-order valence-corrected chi connectivity index (χ4v) is 4.21. The Labute approximate surface area is 157 Å². The average Bonchev–Trinajstić information content (AvgIpc) is 3.00. The van der Waals surface area contributed by atoms with E-state index in [9.17, 15) is 14.4 Å². The Balaban J connectivity index is 1.42. The molecule has 1 saturated carbocycles. The van der Waals surface area contributed by atoms with Gasteiger partial charge in [-0.25, -0.2) is 4.79 Å². The van der Waals surface area contributed by atoms with Crippen LogP contribution in [0.25, 0.3) is 11.0 Å². The van der Waals surface area contributed by atoms with Gasteiger partial charge in [-0.1, -0.05) is 37.5 Å². The van der Waals surface area contributed by atoms with Crippen LogP contribution in [0.4, 0.5) is 0 Å². The molecule has 6 nitrogen and oxygen atoms in total. The number of nitrogens with zero attached hydrogens (tertiary/aromatic N) is 1. The molecule has 27 heavy (non-hydrogen) atoms. The van der Waals surface area contributed by atoms with Crippen LogP contribution >= 0.6 is 0 Å². The number of likely N-dealkylation sites (tertiary alicyclic amines) is 1. The highest BCUT2D eigenvalue weighted by atomic mass is 16.4. The number of carbonyl (C=O) groups is 2. The number of fused-ring (bicyclic) bond motifs is 1. The summed E-state index contributed by atoms with van der Waals surface area (Å²) in [6, 6.07) is 8.36. The quantitative estimate of drug-likeness (QED) is 0.842. The van der Waals surface area contributed by atoms with Gasteiger partial charge in [-0.3, -0.25) is 9.59 Å². The Hall–Kier alpha value is -2.63. The fourth-order valence-electron chi connectivity index (χ4n) is 4.21. The van der Waals surface area contributed by atoms with Crippen molar-refractivity contribution in [1.82, 2.24) is 10.2 Å². The van der Waals surface area contributed by atoms with Crippen LogP contribution in [0.5, 0.6) is 0 Å².